The van der Waals surface area contributed by atoms with Crippen LogP contribution in [0.3, 0.4) is 0 Å². The van der Waals surface area contributed by atoms with Gasteiger partial charge in [-0.05, 0) is 26.8 Å². The van der Waals surface area contributed by atoms with Gasteiger partial charge in [-0.2, -0.15) is 5.10 Å². The molecule has 2 aromatic rings. The quantitative estimate of drug-likeness (QED) is 0.819. The molecule has 0 radical (unpaired) electrons. The van der Waals surface area contributed by atoms with Crippen LogP contribution in [0.15, 0.2) is 24.7 Å². The smallest absolute Gasteiger partial charge is 0.316 e. The molecule has 4 heterocycles. The van der Waals surface area contributed by atoms with E-state index in [0.29, 0.717) is 12.1 Å². The van der Waals surface area contributed by atoms with Crippen LogP contribution in [0.4, 0.5) is 0 Å². The predicted molar refractivity (Wildman–Crippen MR) is 97.0 cm³/mol. The van der Waals surface area contributed by atoms with Crippen LogP contribution in [0.1, 0.15) is 44.0 Å². The number of nitrogens with zero attached hydrogens (tertiary/aromatic N) is 5. The molecule has 1 unspecified atom stereocenters. The zero-order chi connectivity index (χ0) is 18.1. The molecule has 0 aromatic carbocycles. The summed E-state index contributed by atoms with van der Waals surface area (Å²) < 4.78 is 14.1. The Balaban J connectivity index is 1.31. The van der Waals surface area contributed by atoms with E-state index in [9.17, 15) is 0 Å². The third-order valence-corrected chi connectivity index (χ3v) is 5.11. The first-order chi connectivity index (χ1) is 12.5. The highest BCUT2D eigenvalue weighted by atomic mass is 16.5. The standard InChI is InChI=1S/C19H27N5O2/c1-14(2)24-11-16(9-21-24)10-23-12-19(13-23)8-17(5-7-25-19)26-18-20-6-4-15(3)22-18/h4,6,9,11,14,17H,5,7-8,10,12-13H2,1-3H3. The molecule has 2 aliphatic heterocycles. The van der Waals surface area contributed by atoms with Gasteiger partial charge in [0, 0.05) is 62.2 Å². The lowest BCUT2D eigenvalue weighted by atomic mass is 9.84. The van der Waals surface area contributed by atoms with Crippen molar-refractivity contribution in [1.29, 1.82) is 0 Å². The van der Waals surface area contributed by atoms with Crippen LogP contribution in [0.5, 0.6) is 6.01 Å². The van der Waals surface area contributed by atoms with Crippen molar-refractivity contribution in [2.24, 2.45) is 0 Å². The fourth-order valence-corrected chi connectivity index (χ4v) is 3.82. The zero-order valence-electron chi connectivity index (χ0n) is 15.8. The van der Waals surface area contributed by atoms with E-state index in [2.05, 4.69) is 40.0 Å². The molecular formula is C19H27N5O2. The van der Waals surface area contributed by atoms with Crippen molar-refractivity contribution in [1.82, 2.24) is 24.6 Å². The van der Waals surface area contributed by atoms with Crippen LogP contribution >= 0.6 is 0 Å². The Hall–Kier alpha value is -1.99. The van der Waals surface area contributed by atoms with Crippen molar-refractivity contribution in [3.05, 3.63) is 35.9 Å². The number of aryl methyl sites for hydroxylation is 1. The molecule has 7 nitrogen and oxygen atoms in total. The minimum atomic E-state index is -0.0826. The molecule has 140 valence electrons. The van der Waals surface area contributed by atoms with Crippen LogP contribution in [0.25, 0.3) is 0 Å². The second kappa shape index (κ2) is 6.96. The summed E-state index contributed by atoms with van der Waals surface area (Å²) in [5.41, 5.74) is 2.10. The topological polar surface area (TPSA) is 65.3 Å². The van der Waals surface area contributed by atoms with Gasteiger partial charge >= 0.3 is 6.01 Å². The van der Waals surface area contributed by atoms with Crippen molar-refractivity contribution in [3.8, 4) is 6.01 Å². The molecule has 2 fully saturated rings. The van der Waals surface area contributed by atoms with Gasteiger partial charge < -0.3 is 9.47 Å². The summed E-state index contributed by atoms with van der Waals surface area (Å²) in [6, 6.07) is 2.75. The molecule has 0 aliphatic carbocycles. The van der Waals surface area contributed by atoms with Gasteiger partial charge in [-0.15, -0.1) is 0 Å². The van der Waals surface area contributed by atoms with Gasteiger partial charge in [0.2, 0.25) is 0 Å². The van der Waals surface area contributed by atoms with Gasteiger partial charge in [0.1, 0.15) is 6.10 Å². The molecule has 0 bridgehead atoms. The van der Waals surface area contributed by atoms with Gasteiger partial charge in [0.15, 0.2) is 0 Å². The normalized spacial score (nSPS) is 22.5. The monoisotopic (exact) mass is 357 g/mol. The zero-order valence-corrected chi connectivity index (χ0v) is 15.8. The average molecular weight is 357 g/mol. The van der Waals surface area contributed by atoms with Gasteiger partial charge in [0.25, 0.3) is 0 Å². The van der Waals surface area contributed by atoms with E-state index in [-0.39, 0.29) is 11.7 Å². The highest BCUT2D eigenvalue weighted by Crippen LogP contribution is 2.36. The minimum Gasteiger partial charge on any atom is -0.460 e. The molecule has 7 heteroatoms. The third-order valence-electron chi connectivity index (χ3n) is 5.11. The highest BCUT2D eigenvalue weighted by molar-refractivity contribution is 5.09. The molecule has 1 atom stereocenters. The summed E-state index contributed by atoms with van der Waals surface area (Å²) in [6.45, 7) is 9.76. The molecule has 2 aromatic heterocycles. The summed E-state index contributed by atoms with van der Waals surface area (Å²) in [5.74, 6) is 0. The third kappa shape index (κ3) is 3.73. The number of aromatic nitrogens is 4. The van der Waals surface area contributed by atoms with E-state index in [0.717, 1.165) is 44.8 Å². The Bertz CT molecular complexity index is 754. The molecule has 2 aliphatic rings. The first-order valence-corrected chi connectivity index (χ1v) is 9.37. The van der Waals surface area contributed by atoms with Crippen LogP contribution in [0.2, 0.25) is 0 Å². The van der Waals surface area contributed by atoms with E-state index in [4.69, 9.17) is 9.47 Å². The Kier molecular flexibility index (Phi) is 4.67. The number of likely N-dealkylation sites (tertiary alicyclic amines) is 1. The average Bonchev–Trinajstić information content (AvgIpc) is 3.03. The van der Waals surface area contributed by atoms with E-state index in [1.807, 2.05) is 23.9 Å². The Morgan fingerprint density at radius 1 is 1.38 bits per heavy atom. The van der Waals surface area contributed by atoms with Crippen molar-refractivity contribution >= 4 is 0 Å². The SMILES string of the molecule is Cc1ccnc(OC2CCOC3(C2)CN(Cc2cnn(C(C)C)c2)C3)n1. The van der Waals surface area contributed by atoms with Crippen molar-refractivity contribution in [3.63, 3.8) is 0 Å². The number of ether oxygens (including phenoxy) is 2. The largest absolute Gasteiger partial charge is 0.460 e. The summed E-state index contributed by atoms with van der Waals surface area (Å²) in [5, 5.41) is 4.42. The van der Waals surface area contributed by atoms with Crippen LogP contribution < -0.4 is 4.74 Å². The highest BCUT2D eigenvalue weighted by Gasteiger charge is 2.48. The van der Waals surface area contributed by atoms with E-state index in [1.165, 1.54) is 5.56 Å². The maximum Gasteiger partial charge on any atom is 0.316 e. The molecule has 1 spiro atoms. The molecule has 26 heavy (non-hydrogen) atoms. The molecule has 2 saturated heterocycles. The van der Waals surface area contributed by atoms with Crippen LogP contribution in [-0.2, 0) is 11.3 Å². The van der Waals surface area contributed by atoms with Crippen molar-refractivity contribution in [2.45, 2.75) is 57.9 Å². The molecular weight excluding hydrogens is 330 g/mol. The van der Waals surface area contributed by atoms with E-state index < -0.39 is 0 Å². The lowest BCUT2D eigenvalue weighted by molar-refractivity contribution is -0.188. The fraction of sp³-hybridized carbons (Fsp3) is 0.632. The molecule has 0 saturated carbocycles. The number of rotatable bonds is 5. The Morgan fingerprint density at radius 2 is 2.23 bits per heavy atom. The molecule has 0 N–H and O–H groups in total. The Labute approximate surface area is 154 Å². The van der Waals surface area contributed by atoms with Gasteiger partial charge in [0.05, 0.1) is 18.4 Å². The first kappa shape index (κ1) is 17.4. The minimum absolute atomic E-state index is 0.0826. The fourth-order valence-electron chi connectivity index (χ4n) is 3.82. The molecule has 4 rings (SSSR count). The number of hydrogen-bond donors (Lipinski definition) is 0. The summed E-state index contributed by atoms with van der Waals surface area (Å²) in [4.78, 5) is 11.0. The lowest BCUT2D eigenvalue weighted by Crippen LogP contribution is -2.65. The lowest BCUT2D eigenvalue weighted by Gasteiger charge is -2.52. The van der Waals surface area contributed by atoms with Crippen LogP contribution in [0, 0.1) is 6.92 Å². The summed E-state index contributed by atoms with van der Waals surface area (Å²) in [6.07, 6.45) is 7.75. The first-order valence-electron chi connectivity index (χ1n) is 9.37. The van der Waals surface area contributed by atoms with Crippen molar-refractivity contribution < 1.29 is 9.47 Å². The second-order valence-electron chi connectivity index (χ2n) is 7.81. The van der Waals surface area contributed by atoms with Gasteiger partial charge in [-0.25, -0.2) is 9.97 Å². The maximum absolute atomic E-state index is 6.12. The van der Waals surface area contributed by atoms with E-state index >= 15 is 0 Å². The second-order valence-corrected chi connectivity index (χ2v) is 7.81. The van der Waals surface area contributed by atoms with Gasteiger partial charge in [-0.1, -0.05) is 0 Å². The Morgan fingerprint density at radius 3 is 2.96 bits per heavy atom. The number of hydrogen-bond acceptors (Lipinski definition) is 6. The maximum atomic E-state index is 6.12. The summed E-state index contributed by atoms with van der Waals surface area (Å²) >= 11 is 0. The van der Waals surface area contributed by atoms with E-state index in [1.54, 1.807) is 6.20 Å². The van der Waals surface area contributed by atoms with Crippen LogP contribution in [-0.4, -0.2) is 56.0 Å². The van der Waals surface area contributed by atoms with Gasteiger partial charge in [-0.3, -0.25) is 9.58 Å². The molecule has 0 amide bonds. The predicted octanol–water partition coefficient (Wildman–Crippen LogP) is 2.37. The summed E-state index contributed by atoms with van der Waals surface area (Å²) in [7, 11) is 0. The van der Waals surface area contributed by atoms with Crippen molar-refractivity contribution in [2.75, 3.05) is 19.7 Å².